The SMILES string of the molecule is O=c1[nH]ncn1-c1ccc(-n2ccn(-c3ccc(OCC(F)(F)C(F)F)cc3)c2=O)cc1. The summed E-state index contributed by atoms with van der Waals surface area (Å²) in [5, 5.41) is 5.94. The molecule has 0 amide bonds. The van der Waals surface area contributed by atoms with E-state index in [4.69, 9.17) is 4.74 Å². The Morgan fingerprint density at radius 1 is 0.875 bits per heavy atom. The Balaban J connectivity index is 1.52. The summed E-state index contributed by atoms with van der Waals surface area (Å²) in [7, 11) is 0. The number of hydrogen-bond donors (Lipinski definition) is 1. The summed E-state index contributed by atoms with van der Waals surface area (Å²) in [6.07, 6.45) is 0.559. The molecule has 12 heteroatoms. The van der Waals surface area contributed by atoms with Gasteiger partial charge in [-0.25, -0.2) is 28.0 Å². The number of nitrogens with zero attached hydrogens (tertiary/aromatic N) is 4. The molecule has 2 heterocycles. The monoisotopic (exact) mass is 449 g/mol. The van der Waals surface area contributed by atoms with E-state index >= 15 is 0 Å². The van der Waals surface area contributed by atoms with Gasteiger partial charge in [-0.3, -0.25) is 9.13 Å². The highest BCUT2D eigenvalue weighted by Gasteiger charge is 2.41. The molecule has 0 radical (unpaired) electrons. The lowest BCUT2D eigenvalue weighted by atomic mass is 10.3. The minimum atomic E-state index is -4.26. The Hall–Kier alpha value is -4.09. The van der Waals surface area contributed by atoms with E-state index in [-0.39, 0.29) is 5.75 Å². The molecular formula is C20H15F4N5O3. The fourth-order valence-corrected chi connectivity index (χ4v) is 2.92. The average molecular weight is 449 g/mol. The van der Waals surface area contributed by atoms with Gasteiger partial charge in [0.05, 0.1) is 17.1 Å². The normalized spacial score (nSPS) is 11.8. The van der Waals surface area contributed by atoms with Crippen LogP contribution in [0.25, 0.3) is 17.1 Å². The van der Waals surface area contributed by atoms with Crippen molar-refractivity contribution in [1.82, 2.24) is 23.9 Å². The Morgan fingerprint density at radius 3 is 1.84 bits per heavy atom. The third-order valence-electron chi connectivity index (χ3n) is 4.60. The lowest BCUT2D eigenvalue weighted by molar-refractivity contribution is -0.148. The van der Waals surface area contributed by atoms with Crippen molar-refractivity contribution < 1.29 is 22.3 Å². The van der Waals surface area contributed by atoms with Crippen molar-refractivity contribution in [3.63, 3.8) is 0 Å². The molecule has 0 aliphatic rings. The molecule has 0 saturated carbocycles. The summed E-state index contributed by atoms with van der Waals surface area (Å²) in [4.78, 5) is 24.4. The lowest BCUT2D eigenvalue weighted by Gasteiger charge is -2.16. The second-order valence-electron chi connectivity index (χ2n) is 6.71. The number of H-pyrrole nitrogens is 1. The van der Waals surface area contributed by atoms with Crippen LogP contribution < -0.4 is 16.1 Å². The van der Waals surface area contributed by atoms with Gasteiger partial charge in [0.15, 0.2) is 6.61 Å². The number of imidazole rings is 1. The van der Waals surface area contributed by atoms with Crippen LogP contribution in [0.15, 0.2) is 76.8 Å². The molecule has 2 aromatic heterocycles. The Morgan fingerprint density at radius 2 is 1.38 bits per heavy atom. The zero-order valence-corrected chi connectivity index (χ0v) is 16.2. The minimum absolute atomic E-state index is 0.0355. The Kier molecular flexibility index (Phi) is 5.43. The van der Waals surface area contributed by atoms with E-state index in [1.54, 1.807) is 24.3 Å². The maximum atomic E-state index is 13.0. The first-order valence-corrected chi connectivity index (χ1v) is 9.18. The molecule has 0 aliphatic heterocycles. The summed E-state index contributed by atoms with van der Waals surface area (Å²) < 4.78 is 59.1. The van der Waals surface area contributed by atoms with E-state index in [0.29, 0.717) is 17.1 Å². The summed E-state index contributed by atoms with van der Waals surface area (Å²) >= 11 is 0. The van der Waals surface area contributed by atoms with Crippen molar-refractivity contribution in [2.75, 3.05) is 6.61 Å². The van der Waals surface area contributed by atoms with Crippen LogP contribution in [0.4, 0.5) is 17.6 Å². The second-order valence-corrected chi connectivity index (χ2v) is 6.71. The molecule has 0 aliphatic carbocycles. The van der Waals surface area contributed by atoms with Crippen LogP contribution in [0.1, 0.15) is 0 Å². The van der Waals surface area contributed by atoms with E-state index in [1.807, 2.05) is 0 Å². The van der Waals surface area contributed by atoms with Gasteiger partial charge >= 0.3 is 23.7 Å². The maximum absolute atomic E-state index is 13.0. The molecule has 0 atom stereocenters. The van der Waals surface area contributed by atoms with Crippen molar-refractivity contribution in [2.45, 2.75) is 12.3 Å². The standard InChI is InChI=1S/C20H15F4N5O3/c21-17(22)20(23,24)11-32-16-7-5-14(6-8-16)28-10-9-27(19(28)31)13-1-3-15(4-2-13)29-12-25-26-18(29)30/h1-10,12,17H,11H2,(H,26,30). The highest BCUT2D eigenvalue weighted by Crippen LogP contribution is 2.24. The lowest BCUT2D eigenvalue weighted by Crippen LogP contribution is -2.33. The molecule has 4 rings (SSSR count). The minimum Gasteiger partial charge on any atom is -0.487 e. The first-order valence-electron chi connectivity index (χ1n) is 9.18. The molecule has 0 fully saturated rings. The number of halogens is 4. The van der Waals surface area contributed by atoms with Gasteiger partial charge in [-0.05, 0) is 48.5 Å². The molecule has 8 nitrogen and oxygen atoms in total. The van der Waals surface area contributed by atoms with Gasteiger partial charge in [0.2, 0.25) is 0 Å². The summed E-state index contributed by atoms with van der Waals surface area (Å²) in [5.41, 5.74) is 0.724. The number of benzene rings is 2. The Labute approximate surface area is 176 Å². The van der Waals surface area contributed by atoms with Crippen molar-refractivity contribution in [3.05, 3.63) is 88.2 Å². The molecule has 0 bridgehead atoms. The molecule has 166 valence electrons. The molecule has 0 saturated heterocycles. The second kappa shape index (κ2) is 8.21. The largest absolute Gasteiger partial charge is 0.487 e. The number of aromatic nitrogens is 5. The van der Waals surface area contributed by atoms with E-state index in [0.717, 1.165) is 0 Å². The number of ether oxygens (including phenoxy) is 1. The number of alkyl halides is 4. The first kappa shape index (κ1) is 21.2. The molecule has 2 aromatic carbocycles. The zero-order chi connectivity index (χ0) is 22.9. The fourth-order valence-electron chi connectivity index (χ4n) is 2.92. The van der Waals surface area contributed by atoms with Gasteiger partial charge in [0.25, 0.3) is 0 Å². The quantitative estimate of drug-likeness (QED) is 0.440. The number of aromatic amines is 1. The van der Waals surface area contributed by atoms with Crippen LogP contribution >= 0.6 is 0 Å². The van der Waals surface area contributed by atoms with E-state index in [2.05, 4.69) is 10.2 Å². The van der Waals surface area contributed by atoms with Gasteiger partial charge in [0, 0.05) is 12.4 Å². The van der Waals surface area contributed by atoms with E-state index < -0.39 is 30.3 Å². The molecule has 0 unspecified atom stereocenters. The van der Waals surface area contributed by atoms with Crippen molar-refractivity contribution in [1.29, 1.82) is 0 Å². The first-order chi connectivity index (χ1) is 15.3. The van der Waals surface area contributed by atoms with Crippen molar-refractivity contribution in [3.8, 4) is 22.8 Å². The number of nitrogens with one attached hydrogen (secondary N) is 1. The topological polar surface area (TPSA) is 86.8 Å². The maximum Gasteiger partial charge on any atom is 0.347 e. The predicted molar refractivity (Wildman–Crippen MR) is 106 cm³/mol. The van der Waals surface area contributed by atoms with Crippen LogP contribution in [0, 0.1) is 0 Å². The molecule has 4 aromatic rings. The van der Waals surface area contributed by atoms with Gasteiger partial charge in [-0.15, -0.1) is 0 Å². The third kappa shape index (κ3) is 4.06. The van der Waals surface area contributed by atoms with Crippen LogP contribution in [-0.2, 0) is 0 Å². The molecule has 1 N–H and O–H groups in total. The molecular weight excluding hydrogens is 434 g/mol. The Bertz CT molecular complexity index is 1320. The van der Waals surface area contributed by atoms with Crippen LogP contribution in [-0.4, -0.2) is 42.9 Å². The zero-order valence-electron chi connectivity index (χ0n) is 16.2. The summed E-state index contributed by atoms with van der Waals surface area (Å²) in [5.74, 6) is -4.29. The van der Waals surface area contributed by atoms with Gasteiger partial charge in [0.1, 0.15) is 12.1 Å². The van der Waals surface area contributed by atoms with Crippen molar-refractivity contribution >= 4 is 0 Å². The smallest absolute Gasteiger partial charge is 0.347 e. The van der Waals surface area contributed by atoms with Crippen LogP contribution in [0.3, 0.4) is 0 Å². The third-order valence-corrected chi connectivity index (χ3v) is 4.60. The van der Waals surface area contributed by atoms with Gasteiger partial charge in [-0.2, -0.15) is 13.9 Å². The van der Waals surface area contributed by atoms with Crippen LogP contribution in [0.2, 0.25) is 0 Å². The summed E-state index contributed by atoms with van der Waals surface area (Å²) in [6.45, 7) is -1.46. The van der Waals surface area contributed by atoms with Gasteiger partial charge < -0.3 is 4.74 Å². The van der Waals surface area contributed by atoms with Gasteiger partial charge in [-0.1, -0.05) is 0 Å². The highest BCUT2D eigenvalue weighted by molar-refractivity contribution is 5.42. The van der Waals surface area contributed by atoms with Crippen LogP contribution in [0.5, 0.6) is 5.75 Å². The highest BCUT2D eigenvalue weighted by atomic mass is 19.3. The average Bonchev–Trinajstić information content (AvgIpc) is 3.38. The van der Waals surface area contributed by atoms with E-state index in [1.165, 1.54) is 56.7 Å². The summed E-state index contributed by atoms with van der Waals surface area (Å²) in [6, 6.07) is 12.1. The number of rotatable bonds is 7. The van der Waals surface area contributed by atoms with E-state index in [9.17, 15) is 27.2 Å². The molecule has 32 heavy (non-hydrogen) atoms. The fraction of sp³-hybridized carbons (Fsp3) is 0.150. The van der Waals surface area contributed by atoms with Crippen molar-refractivity contribution in [2.24, 2.45) is 0 Å². The number of hydrogen-bond acceptors (Lipinski definition) is 4. The molecule has 0 spiro atoms. The predicted octanol–water partition coefficient (Wildman–Crippen LogP) is 2.78.